The highest BCUT2D eigenvalue weighted by atomic mass is 16.5. The van der Waals surface area contributed by atoms with Crippen molar-refractivity contribution in [3.05, 3.63) is 59.7 Å². The van der Waals surface area contributed by atoms with Gasteiger partial charge in [0.1, 0.15) is 6.61 Å². The van der Waals surface area contributed by atoms with Crippen LogP contribution in [-0.2, 0) is 14.3 Å². The summed E-state index contributed by atoms with van der Waals surface area (Å²) in [6.45, 7) is 0.268. The molecule has 0 heterocycles. The number of ether oxygens (including phenoxy) is 1. The van der Waals surface area contributed by atoms with Gasteiger partial charge in [0.2, 0.25) is 5.91 Å². The number of carbonyl (C=O) groups is 3. The van der Waals surface area contributed by atoms with Gasteiger partial charge in [0.05, 0.1) is 5.92 Å². The van der Waals surface area contributed by atoms with E-state index in [0.29, 0.717) is 19.3 Å². The molecule has 2 aromatic rings. The third-order valence-electron chi connectivity index (χ3n) is 7.86. The van der Waals surface area contributed by atoms with Crippen LogP contribution in [0.5, 0.6) is 0 Å². The number of amides is 2. The Morgan fingerprint density at radius 1 is 0.886 bits per heavy atom. The summed E-state index contributed by atoms with van der Waals surface area (Å²) in [6, 6.07) is 16.3. The minimum atomic E-state index is -0.796. The Morgan fingerprint density at radius 2 is 1.51 bits per heavy atom. The normalized spacial score (nSPS) is 25.0. The number of carboxylic acid groups (broad SMARTS) is 1. The fraction of sp³-hybridized carbons (Fsp3) is 0.464. The van der Waals surface area contributed by atoms with Crippen LogP contribution in [0.25, 0.3) is 11.1 Å². The molecule has 0 radical (unpaired) electrons. The minimum Gasteiger partial charge on any atom is -0.481 e. The Hall–Kier alpha value is -3.35. The lowest BCUT2D eigenvalue weighted by Gasteiger charge is -2.35. The lowest BCUT2D eigenvalue weighted by atomic mass is 9.79. The number of fused-ring (bicyclic) bond motifs is 3. The van der Waals surface area contributed by atoms with E-state index in [1.54, 1.807) is 0 Å². The molecule has 2 amide bonds. The van der Waals surface area contributed by atoms with Crippen LogP contribution in [0, 0.1) is 11.8 Å². The summed E-state index contributed by atoms with van der Waals surface area (Å²) in [5, 5.41) is 15.0. The second-order valence-corrected chi connectivity index (χ2v) is 10.1. The van der Waals surface area contributed by atoms with Crippen molar-refractivity contribution < 1.29 is 24.2 Å². The van der Waals surface area contributed by atoms with Crippen molar-refractivity contribution in [3.8, 4) is 11.1 Å². The molecule has 3 N–H and O–H groups in total. The zero-order valence-corrected chi connectivity index (χ0v) is 19.7. The Morgan fingerprint density at radius 3 is 2.17 bits per heavy atom. The molecule has 35 heavy (non-hydrogen) atoms. The van der Waals surface area contributed by atoms with E-state index in [2.05, 4.69) is 34.9 Å². The lowest BCUT2D eigenvalue weighted by molar-refractivity contribution is -0.146. The molecule has 0 bridgehead atoms. The van der Waals surface area contributed by atoms with Gasteiger partial charge in [-0.3, -0.25) is 9.59 Å². The molecule has 3 aliphatic rings. The van der Waals surface area contributed by atoms with Crippen LogP contribution in [0.1, 0.15) is 62.0 Å². The highest BCUT2D eigenvalue weighted by Crippen LogP contribution is 2.44. The number of hydrogen-bond donors (Lipinski definition) is 3. The predicted molar refractivity (Wildman–Crippen MR) is 131 cm³/mol. The number of rotatable bonds is 7. The van der Waals surface area contributed by atoms with Crippen molar-refractivity contribution in [2.75, 3.05) is 6.61 Å². The van der Waals surface area contributed by atoms with Crippen molar-refractivity contribution in [1.82, 2.24) is 10.6 Å². The van der Waals surface area contributed by atoms with Crippen molar-refractivity contribution in [2.45, 2.75) is 62.9 Å². The molecular weight excluding hydrogens is 444 g/mol. The Kier molecular flexibility index (Phi) is 6.75. The van der Waals surface area contributed by atoms with Crippen molar-refractivity contribution in [2.24, 2.45) is 11.8 Å². The second-order valence-electron chi connectivity index (χ2n) is 10.1. The summed E-state index contributed by atoms with van der Waals surface area (Å²) in [4.78, 5) is 36.3. The molecule has 184 valence electrons. The summed E-state index contributed by atoms with van der Waals surface area (Å²) >= 11 is 0. The number of carbonyl (C=O) groups excluding carboxylic acids is 2. The minimum absolute atomic E-state index is 0.0122. The van der Waals surface area contributed by atoms with Gasteiger partial charge < -0.3 is 20.5 Å². The van der Waals surface area contributed by atoms with Crippen molar-refractivity contribution in [3.63, 3.8) is 0 Å². The molecule has 2 aromatic carbocycles. The topological polar surface area (TPSA) is 105 Å². The molecule has 0 aromatic heterocycles. The average molecular weight is 477 g/mol. The van der Waals surface area contributed by atoms with Gasteiger partial charge in [-0.15, -0.1) is 0 Å². The number of alkyl carbamates (subject to hydrolysis) is 1. The maximum Gasteiger partial charge on any atom is 0.407 e. The molecule has 7 nitrogen and oxygen atoms in total. The summed E-state index contributed by atoms with van der Waals surface area (Å²) < 4.78 is 5.71. The van der Waals surface area contributed by atoms with Crippen molar-refractivity contribution in [1.29, 1.82) is 0 Å². The fourth-order valence-electron chi connectivity index (χ4n) is 5.90. The maximum absolute atomic E-state index is 12.8. The summed E-state index contributed by atoms with van der Waals surface area (Å²) in [5.74, 6) is -1.14. The molecule has 7 heteroatoms. The van der Waals surface area contributed by atoms with E-state index in [1.165, 1.54) is 22.3 Å². The van der Waals surface area contributed by atoms with Gasteiger partial charge in [-0.1, -0.05) is 61.4 Å². The first-order valence-electron chi connectivity index (χ1n) is 12.6. The quantitative estimate of drug-likeness (QED) is 0.548. The Balaban J connectivity index is 1.14. The SMILES string of the molecule is O=C(CC1CCCCC1NC(=O)OCC1c2ccccc2-c2ccccc21)NC1CC(C(=O)O)C1. The van der Waals surface area contributed by atoms with E-state index >= 15 is 0 Å². The Bertz CT molecular complexity index is 1060. The Labute approximate surface area is 205 Å². The molecule has 0 saturated heterocycles. The largest absolute Gasteiger partial charge is 0.481 e. The van der Waals surface area contributed by atoms with Crippen LogP contribution in [0.4, 0.5) is 4.79 Å². The van der Waals surface area contributed by atoms with Gasteiger partial charge in [-0.05, 0) is 53.9 Å². The third-order valence-corrected chi connectivity index (χ3v) is 7.86. The third kappa shape index (κ3) is 5.04. The van der Waals surface area contributed by atoms with E-state index in [4.69, 9.17) is 9.84 Å². The zero-order valence-electron chi connectivity index (χ0n) is 19.7. The molecular formula is C28H32N2O5. The molecule has 5 rings (SSSR count). The standard InChI is InChI=1S/C28H32N2O5/c31-26(29-19-13-18(14-19)27(32)33)15-17-7-1-6-12-25(17)30-28(34)35-16-24-22-10-4-2-8-20(22)21-9-3-5-11-23(21)24/h2-5,8-11,17-19,24-25H,1,6-7,12-16H2,(H,29,31)(H,30,34)(H,32,33). The van der Waals surface area contributed by atoms with Crippen LogP contribution in [0.2, 0.25) is 0 Å². The van der Waals surface area contributed by atoms with Crippen molar-refractivity contribution >= 4 is 18.0 Å². The van der Waals surface area contributed by atoms with E-state index in [-0.39, 0.29) is 42.4 Å². The maximum atomic E-state index is 12.8. The summed E-state index contributed by atoms with van der Waals surface area (Å²) in [5.41, 5.74) is 4.73. The number of benzene rings is 2. The van der Waals surface area contributed by atoms with E-state index in [1.807, 2.05) is 24.3 Å². The van der Waals surface area contributed by atoms with Gasteiger partial charge in [0.25, 0.3) is 0 Å². The molecule has 0 aliphatic heterocycles. The first-order valence-corrected chi connectivity index (χ1v) is 12.6. The van der Waals surface area contributed by atoms with E-state index in [0.717, 1.165) is 25.7 Å². The monoisotopic (exact) mass is 476 g/mol. The van der Waals surface area contributed by atoms with Gasteiger partial charge in [-0.25, -0.2) is 4.79 Å². The van der Waals surface area contributed by atoms with Gasteiger partial charge in [0, 0.05) is 24.4 Å². The molecule has 2 fully saturated rings. The molecule has 0 spiro atoms. The fourth-order valence-corrected chi connectivity index (χ4v) is 5.90. The first kappa shape index (κ1) is 23.4. The van der Waals surface area contributed by atoms with E-state index in [9.17, 15) is 14.4 Å². The number of hydrogen-bond acceptors (Lipinski definition) is 4. The number of aliphatic carboxylic acids is 1. The predicted octanol–water partition coefficient (Wildman–Crippen LogP) is 4.45. The number of nitrogens with one attached hydrogen (secondary N) is 2. The van der Waals surface area contributed by atoms with Crippen LogP contribution in [0.15, 0.2) is 48.5 Å². The average Bonchev–Trinajstić information content (AvgIpc) is 3.14. The smallest absolute Gasteiger partial charge is 0.407 e. The van der Waals surface area contributed by atoms with Gasteiger partial charge in [-0.2, -0.15) is 0 Å². The van der Waals surface area contributed by atoms with Crippen LogP contribution >= 0.6 is 0 Å². The number of carboxylic acids is 1. The molecule has 2 saturated carbocycles. The highest BCUT2D eigenvalue weighted by molar-refractivity contribution is 5.79. The molecule has 3 aliphatic carbocycles. The summed E-state index contributed by atoms with van der Waals surface area (Å²) in [6.07, 6.45) is 4.63. The zero-order chi connectivity index (χ0) is 24.4. The van der Waals surface area contributed by atoms with Gasteiger partial charge >= 0.3 is 12.1 Å². The highest BCUT2D eigenvalue weighted by Gasteiger charge is 2.36. The second kappa shape index (κ2) is 10.1. The first-order chi connectivity index (χ1) is 17.0. The van der Waals surface area contributed by atoms with Crippen LogP contribution < -0.4 is 10.6 Å². The van der Waals surface area contributed by atoms with Gasteiger partial charge in [0.15, 0.2) is 0 Å². The lowest BCUT2D eigenvalue weighted by Crippen LogP contribution is -2.49. The van der Waals surface area contributed by atoms with Crippen LogP contribution in [0.3, 0.4) is 0 Å². The summed E-state index contributed by atoms with van der Waals surface area (Å²) in [7, 11) is 0. The molecule has 2 unspecified atom stereocenters. The molecule has 2 atom stereocenters. The van der Waals surface area contributed by atoms with E-state index < -0.39 is 12.1 Å². The van der Waals surface area contributed by atoms with Crippen LogP contribution in [-0.4, -0.2) is 41.8 Å².